The maximum absolute atomic E-state index is 11.9. The van der Waals surface area contributed by atoms with Crippen LogP contribution in [0.5, 0.6) is 0 Å². The van der Waals surface area contributed by atoms with E-state index in [2.05, 4.69) is 5.32 Å². The first-order chi connectivity index (χ1) is 8.83. The zero-order chi connectivity index (χ0) is 14.5. The standard InChI is InChI=1S/C11H13F3N2O3/c1-15-10-3-2-9(16(17)18)6-8(10)7-19-5-4-11(12,13)14/h2-3,6,15H,4-5,7H2,1H3. The fraction of sp³-hybridized carbons (Fsp3) is 0.455. The molecule has 0 saturated heterocycles. The number of anilines is 1. The Labute approximate surface area is 107 Å². The average Bonchev–Trinajstić information content (AvgIpc) is 2.33. The molecule has 0 atom stereocenters. The predicted molar refractivity (Wildman–Crippen MR) is 63.0 cm³/mol. The Kier molecular flexibility index (Phi) is 5.11. The lowest BCUT2D eigenvalue weighted by atomic mass is 10.1. The molecule has 0 aliphatic rings. The molecular weight excluding hydrogens is 265 g/mol. The maximum Gasteiger partial charge on any atom is 0.391 e. The fourth-order valence-electron chi connectivity index (χ4n) is 1.43. The molecule has 0 spiro atoms. The van der Waals surface area contributed by atoms with Crippen molar-refractivity contribution < 1.29 is 22.8 Å². The lowest BCUT2D eigenvalue weighted by molar-refractivity contribution is -0.384. The van der Waals surface area contributed by atoms with E-state index in [1.54, 1.807) is 7.05 Å². The number of nitrogens with zero attached hydrogens (tertiary/aromatic N) is 1. The molecule has 0 saturated carbocycles. The minimum absolute atomic E-state index is 0.117. The van der Waals surface area contributed by atoms with Gasteiger partial charge in [0.15, 0.2) is 0 Å². The third-order valence-electron chi connectivity index (χ3n) is 2.36. The van der Waals surface area contributed by atoms with E-state index >= 15 is 0 Å². The molecule has 0 unspecified atom stereocenters. The van der Waals surface area contributed by atoms with Crippen LogP contribution in [0.2, 0.25) is 0 Å². The maximum atomic E-state index is 11.9. The summed E-state index contributed by atoms with van der Waals surface area (Å²) >= 11 is 0. The summed E-state index contributed by atoms with van der Waals surface area (Å²) in [5.74, 6) is 0. The van der Waals surface area contributed by atoms with Gasteiger partial charge in [-0.2, -0.15) is 13.2 Å². The van der Waals surface area contributed by atoms with E-state index in [9.17, 15) is 23.3 Å². The van der Waals surface area contributed by atoms with Gasteiger partial charge in [0.1, 0.15) is 0 Å². The fourth-order valence-corrected chi connectivity index (χ4v) is 1.43. The lowest BCUT2D eigenvalue weighted by Crippen LogP contribution is -2.11. The van der Waals surface area contributed by atoms with Gasteiger partial charge < -0.3 is 10.1 Å². The normalized spacial score (nSPS) is 11.4. The van der Waals surface area contributed by atoms with E-state index in [0.717, 1.165) is 0 Å². The highest BCUT2D eigenvalue weighted by atomic mass is 19.4. The number of hydrogen-bond donors (Lipinski definition) is 1. The molecule has 0 fully saturated rings. The smallest absolute Gasteiger partial charge is 0.388 e. The largest absolute Gasteiger partial charge is 0.391 e. The molecule has 0 aliphatic heterocycles. The van der Waals surface area contributed by atoms with E-state index in [4.69, 9.17) is 4.74 Å². The molecule has 1 N–H and O–H groups in total. The highest BCUT2D eigenvalue weighted by molar-refractivity contribution is 5.55. The van der Waals surface area contributed by atoms with Gasteiger partial charge >= 0.3 is 6.18 Å². The van der Waals surface area contributed by atoms with Crippen molar-refractivity contribution in [2.24, 2.45) is 0 Å². The van der Waals surface area contributed by atoms with Gasteiger partial charge in [-0.25, -0.2) is 0 Å². The zero-order valence-corrected chi connectivity index (χ0v) is 10.2. The third kappa shape index (κ3) is 5.12. The SMILES string of the molecule is CNc1ccc([N+](=O)[O-])cc1COCCC(F)(F)F. The molecule has 0 aliphatic carbocycles. The van der Waals surface area contributed by atoms with Crippen LogP contribution in [0.1, 0.15) is 12.0 Å². The van der Waals surface area contributed by atoms with Gasteiger partial charge in [-0.05, 0) is 6.07 Å². The molecule has 1 rings (SSSR count). The van der Waals surface area contributed by atoms with Gasteiger partial charge in [0.25, 0.3) is 5.69 Å². The van der Waals surface area contributed by atoms with Crippen LogP contribution in [0.4, 0.5) is 24.5 Å². The molecule has 1 aromatic carbocycles. The summed E-state index contributed by atoms with van der Waals surface area (Å²) < 4.78 is 40.6. The second-order valence-corrected chi connectivity index (χ2v) is 3.77. The van der Waals surface area contributed by atoms with Gasteiger partial charge in [-0.1, -0.05) is 0 Å². The number of nitrogens with one attached hydrogen (secondary N) is 1. The summed E-state index contributed by atoms with van der Waals surface area (Å²) in [5, 5.41) is 13.4. The number of alkyl halides is 3. The Balaban J connectivity index is 2.65. The van der Waals surface area contributed by atoms with Crippen LogP contribution in [0.25, 0.3) is 0 Å². The number of benzene rings is 1. The Morgan fingerprint density at radius 3 is 2.63 bits per heavy atom. The highest BCUT2D eigenvalue weighted by Gasteiger charge is 2.26. The van der Waals surface area contributed by atoms with E-state index in [1.165, 1.54) is 18.2 Å². The Hall–Kier alpha value is -1.83. The Morgan fingerprint density at radius 1 is 1.42 bits per heavy atom. The van der Waals surface area contributed by atoms with Crippen LogP contribution >= 0.6 is 0 Å². The number of halogens is 3. The van der Waals surface area contributed by atoms with Crippen molar-refractivity contribution in [2.75, 3.05) is 19.0 Å². The summed E-state index contributed by atoms with van der Waals surface area (Å²) in [4.78, 5) is 10.0. The molecule has 0 bridgehead atoms. The summed E-state index contributed by atoms with van der Waals surface area (Å²) in [7, 11) is 1.61. The Morgan fingerprint density at radius 2 is 2.11 bits per heavy atom. The summed E-state index contributed by atoms with van der Waals surface area (Å²) in [6.07, 6.45) is -5.31. The van der Waals surface area contributed by atoms with Crippen molar-refractivity contribution in [2.45, 2.75) is 19.2 Å². The van der Waals surface area contributed by atoms with Crippen molar-refractivity contribution in [1.82, 2.24) is 0 Å². The molecule has 0 aromatic heterocycles. The van der Waals surface area contributed by atoms with Crippen molar-refractivity contribution in [1.29, 1.82) is 0 Å². The van der Waals surface area contributed by atoms with Crippen molar-refractivity contribution >= 4 is 11.4 Å². The number of rotatable bonds is 6. The van der Waals surface area contributed by atoms with Crippen LogP contribution in [0.3, 0.4) is 0 Å². The number of nitro groups is 1. The van der Waals surface area contributed by atoms with E-state index in [-0.39, 0.29) is 12.3 Å². The second-order valence-electron chi connectivity index (χ2n) is 3.77. The van der Waals surface area contributed by atoms with Crippen LogP contribution in [0.15, 0.2) is 18.2 Å². The average molecular weight is 278 g/mol. The van der Waals surface area contributed by atoms with Gasteiger partial charge in [0.2, 0.25) is 0 Å². The minimum Gasteiger partial charge on any atom is -0.388 e. The molecular formula is C11H13F3N2O3. The third-order valence-corrected chi connectivity index (χ3v) is 2.36. The zero-order valence-electron chi connectivity index (χ0n) is 10.2. The van der Waals surface area contributed by atoms with Gasteiger partial charge in [0, 0.05) is 30.4 Å². The van der Waals surface area contributed by atoms with E-state index in [1.807, 2.05) is 0 Å². The van der Waals surface area contributed by atoms with Crippen LogP contribution in [0, 0.1) is 10.1 Å². The highest BCUT2D eigenvalue weighted by Crippen LogP contribution is 2.23. The molecule has 8 heteroatoms. The van der Waals surface area contributed by atoms with Crippen molar-refractivity contribution in [3.63, 3.8) is 0 Å². The molecule has 0 radical (unpaired) electrons. The predicted octanol–water partition coefficient (Wildman–Crippen LogP) is 3.11. The van der Waals surface area contributed by atoms with Crippen LogP contribution in [-0.4, -0.2) is 24.8 Å². The van der Waals surface area contributed by atoms with Gasteiger partial charge in [-0.15, -0.1) is 0 Å². The molecule has 106 valence electrons. The van der Waals surface area contributed by atoms with Crippen molar-refractivity contribution in [3.05, 3.63) is 33.9 Å². The number of non-ortho nitro benzene ring substituents is 1. The van der Waals surface area contributed by atoms with E-state index in [0.29, 0.717) is 11.3 Å². The van der Waals surface area contributed by atoms with Crippen LogP contribution in [-0.2, 0) is 11.3 Å². The first kappa shape index (κ1) is 15.2. The molecule has 1 aromatic rings. The first-order valence-corrected chi connectivity index (χ1v) is 5.43. The summed E-state index contributed by atoms with van der Waals surface area (Å²) in [6, 6.07) is 4.07. The van der Waals surface area contributed by atoms with Gasteiger partial charge in [0.05, 0.1) is 24.6 Å². The molecule has 0 amide bonds. The van der Waals surface area contributed by atoms with E-state index < -0.39 is 24.1 Å². The molecule has 0 heterocycles. The molecule has 19 heavy (non-hydrogen) atoms. The first-order valence-electron chi connectivity index (χ1n) is 5.43. The number of ether oxygens (including phenoxy) is 1. The van der Waals surface area contributed by atoms with Crippen LogP contribution < -0.4 is 5.32 Å². The van der Waals surface area contributed by atoms with Gasteiger partial charge in [-0.3, -0.25) is 10.1 Å². The number of nitro benzene ring substituents is 1. The number of hydrogen-bond acceptors (Lipinski definition) is 4. The Bertz CT molecular complexity index is 449. The molecule has 5 nitrogen and oxygen atoms in total. The summed E-state index contributed by atoms with van der Waals surface area (Å²) in [6.45, 7) is -0.594. The summed E-state index contributed by atoms with van der Waals surface area (Å²) in [5.41, 5.74) is 0.893. The topological polar surface area (TPSA) is 64.4 Å². The minimum atomic E-state index is -4.27. The van der Waals surface area contributed by atoms with Crippen molar-refractivity contribution in [3.8, 4) is 0 Å². The second kappa shape index (κ2) is 6.37. The monoisotopic (exact) mass is 278 g/mol. The quantitative estimate of drug-likeness (QED) is 0.493. The lowest BCUT2D eigenvalue weighted by Gasteiger charge is -2.10.